The van der Waals surface area contributed by atoms with Crippen molar-refractivity contribution < 1.29 is 53.4 Å². The molecule has 0 spiro atoms. The number of aliphatic imine (C=N–C) groups is 1. The molecule has 0 fully saturated rings. The summed E-state index contributed by atoms with van der Waals surface area (Å²) in [4.78, 5) is 59.0. The maximum atomic E-state index is 14.4. The fourth-order valence-electron chi connectivity index (χ4n) is 7.49. The number of rotatable bonds is 4. The molecule has 0 aromatic heterocycles. The van der Waals surface area contributed by atoms with E-state index in [0.29, 0.717) is 5.69 Å². The normalized spacial score (nSPS) is 30.3. The van der Waals surface area contributed by atoms with Crippen molar-refractivity contribution in [3.8, 4) is 11.5 Å². The quantitative estimate of drug-likeness (QED) is 0.254. The number of nitrogens with two attached hydrogens (primary N) is 1. The van der Waals surface area contributed by atoms with Gasteiger partial charge in [0.2, 0.25) is 5.78 Å². The van der Waals surface area contributed by atoms with Crippen molar-refractivity contribution in [3.05, 3.63) is 94.4 Å². The van der Waals surface area contributed by atoms with Crippen LogP contribution in [-0.4, -0.2) is 81.8 Å². The number of fused-ring (bicyclic) bond motifs is 13. The SMILES string of the molecule is COC1/C=C/OC2(C)Oc3c(C)c(O)c4c(c3C2=O)C(N)=C(Nc2ccccc2)C(=NC(=O)C(C)=CC=CC(C)C(O)C(C)C(O)C(C)C(OC(C)=O)C1C)C4=O. The van der Waals surface area contributed by atoms with E-state index in [9.17, 15) is 34.5 Å². The van der Waals surface area contributed by atoms with E-state index in [-0.39, 0.29) is 45.0 Å². The summed E-state index contributed by atoms with van der Waals surface area (Å²) in [5, 5.41) is 37.4. The van der Waals surface area contributed by atoms with Crippen LogP contribution in [0, 0.1) is 30.6 Å². The molecule has 6 N–H and O–H groups in total. The number of hydrogen-bond donors (Lipinski definition) is 5. The number of nitrogens with zero attached hydrogens (tertiary/aromatic N) is 1. The summed E-state index contributed by atoms with van der Waals surface area (Å²) in [5.74, 6) is -8.03. The second-order valence-corrected chi connectivity index (χ2v) is 15.1. The number of methoxy groups -OCH3 is 1. The van der Waals surface area contributed by atoms with E-state index < -0.39 is 88.8 Å². The van der Waals surface area contributed by atoms with Crippen LogP contribution in [0.2, 0.25) is 0 Å². The number of carbonyl (C=O) groups excluding carboxylic acids is 4. The Balaban J connectivity index is 1.71. The standard InChI is InChI=1S/C43H51N3O11/c1-20-14-13-15-21(2)42(53)46-34-33(45-27-16-11-10-12-17-27)32(44)29-30(38(34)51)37(50)25(6)40-31(29)41(52)43(8,57-40)55-19-18-28(54-9)22(3)39(56-26(7)47)24(5)36(49)23(4)35(20)48/h10-20,22-24,28,35-36,39,45,48-50H,44H2,1-9H3/b14-13?,19-18+,21-15?,46-34?. The van der Waals surface area contributed by atoms with E-state index in [4.69, 9.17) is 24.7 Å². The molecule has 3 aliphatic heterocycles. The number of anilines is 1. The van der Waals surface area contributed by atoms with Gasteiger partial charge in [-0.05, 0) is 32.1 Å². The summed E-state index contributed by atoms with van der Waals surface area (Å²) in [7, 11) is 1.44. The zero-order valence-electron chi connectivity index (χ0n) is 33.5. The van der Waals surface area contributed by atoms with Crippen LogP contribution in [-0.2, 0) is 23.8 Å². The van der Waals surface area contributed by atoms with Crippen molar-refractivity contribution in [1.29, 1.82) is 0 Å². The molecule has 14 heteroatoms. The number of phenols is 1. The molecule has 14 nitrogen and oxygen atoms in total. The highest BCUT2D eigenvalue weighted by molar-refractivity contribution is 6.57. The van der Waals surface area contributed by atoms with Gasteiger partial charge in [0.1, 0.15) is 23.3 Å². The number of allylic oxidation sites excluding steroid dienone is 3. The van der Waals surface area contributed by atoms with Crippen molar-refractivity contribution in [2.45, 2.75) is 85.6 Å². The van der Waals surface area contributed by atoms with Gasteiger partial charge in [0.15, 0.2) is 0 Å². The number of nitrogens with one attached hydrogen (secondary N) is 1. The first-order valence-corrected chi connectivity index (χ1v) is 18.7. The predicted molar refractivity (Wildman–Crippen MR) is 212 cm³/mol. The Hall–Kier alpha value is -5.57. The fraction of sp³-hybridized carbons (Fsp3) is 0.419. The number of ketones is 2. The highest BCUT2D eigenvalue weighted by Crippen LogP contribution is 2.49. The first-order chi connectivity index (χ1) is 26.8. The molecule has 4 aliphatic rings. The van der Waals surface area contributed by atoms with Gasteiger partial charge >= 0.3 is 11.8 Å². The summed E-state index contributed by atoms with van der Waals surface area (Å²) in [5.41, 5.74) is 6.29. The van der Waals surface area contributed by atoms with E-state index in [0.717, 1.165) is 0 Å². The topological polar surface area (TPSA) is 216 Å². The average Bonchev–Trinajstić information content (AvgIpc) is 3.44. The van der Waals surface area contributed by atoms with E-state index in [1.54, 1.807) is 70.2 Å². The van der Waals surface area contributed by atoms with E-state index in [1.165, 1.54) is 53.2 Å². The van der Waals surface area contributed by atoms with Gasteiger partial charge in [0.25, 0.3) is 11.7 Å². The van der Waals surface area contributed by atoms with Crippen LogP contribution in [0.3, 0.4) is 0 Å². The molecule has 2 aromatic carbocycles. The predicted octanol–water partition coefficient (Wildman–Crippen LogP) is 5.15. The minimum absolute atomic E-state index is 0.0529. The summed E-state index contributed by atoms with van der Waals surface area (Å²) in [6.45, 7) is 12.5. The molecule has 3 heterocycles. The highest BCUT2D eigenvalue weighted by Gasteiger charge is 2.52. The fourth-order valence-corrected chi connectivity index (χ4v) is 7.49. The number of esters is 1. The molecule has 0 radical (unpaired) electrons. The van der Waals surface area contributed by atoms with Gasteiger partial charge in [-0.15, -0.1) is 0 Å². The maximum absolute atomic E-state index is 14.4. The monoisotopic (exact) mass is 785 g/mol. The van der Waals surface area contributed by atoms with Crippen molar-refractivity contribution in [2.24, 2.45) is 34.4 Å². The first-order valence-electron chi connectivity index (χ1n) is 18.7. The van der Waals surface area contributed by atoms with Crippen molar-refractivity contribution >= 4 is 40.5 Å². The van der Waals surface area contributed by atoms with Crippen LogP contribution in [0.5, 0.6) is 11.5 Å². The smallest absolute Gasteiger partial charge is 0.312 e. The second kappa shape index (κ2) is 16.9. The minimum Gasteiger partial charge on any atom is -0.507 e. The zero-order chi connectivity index (χ0) is 42.1. The number of aliphatic hydroxyl groups excluding tert-OH is 2. The van der Waals surface area contributed by atoms with Gasteiger partial charge in [-0.1, -0.05) is 64.1 Å². The summed E-state index contributed by atoms with van der Waals surface area (Å²) < 4.78 is 23.6. The number of carbonyl (C=O) groups is 4. The summed E-state index contributed by atoms with van der Waals surface area (Å²) in [6, 6.07) is 8.68. The molecule has 9 unspecified atom stereocenters. The third-order valence-corrected chi connectivity index (χ3v) is 11.0. The van der Waals surface area contributed by atoms with Gasteiger partial charge < -0.3 is 45.3 Å². The number of Topliss-reactive ketones (excluding diaryl/α,β-unsaturated/α-hetero) is 2. The Morgan fingerprint density at radius 3 is 2.25 bits per heavy atom. The van der Waals surface area contributed by atoms with Gasteiger partial charge in [-0.25, -0.2) is 4.99 Å². The Bertz CT molecular complexity index is 2100. The molecule has 1 amide bonds. The van der Waals surface area contributed by atoms with Crippen molar-refractivity contribution in [3.63, 3.8) is 0 Å². The largest absolute Gasteiger partial charge is 0.507 e. The van der Waals surface area contributed by atoms with Gasteiger partial charge in [0, 0.05) is 67.0 Å². The van der Waals surface area contributed by atoms with Crippen molar-refractivity contribution in [1.82, 2.24) is 0 Å². The van der Waals surface area contributed by atoms with E-state index >= 15 is 0 Å². The van der Waals surface area contributed by atoms with E-state index in [2.05, 4.69) is 10.3 Å². The number of amides is 1. The lowest BCUT2D eigenvalue weighted by molar-refractivity contribution is -0.160. The molecule has 0 saturated carbocycles. The summed E-state index contributed by atoms with van der Waals surface area (Å²) in [6.07, 6.45) is 3.54. The van der Waals surface area contributed by atoms with Crippen LogP contribution in [0.4, 0.5) is 5.69 Å². The van der Waals surface area contributed by atoms with Crippen molar-refractivity contribution in [2.75, 3.05) is 12.4 Å². The summed E-state index contributed by atoms with van der Waals surface area (Å²) >= 11 is 0. The number of aliphatic hydroxyl groups is 2. The molecular weight excluding hydrogens is 734 g/mol. The Morgan fingerprint density at radius 1 is 0.947 bits per heavy atom. The lowest BCUT2D eigenvalue weighted by Gasteiger charge is -2.38. The molecule has 1 aliphatic carbocycles. The molecule has 2 aromatic rings. The number of para-hydroxylation sites is 1. The third-order valence-electron chi connectivity index (χ3n) is 11.0. The maximum Gasteiger partial charge on any atom is 0.312 e. The minimum atomic E-state index is -2.02. The molecular formula is C43H51N3O11. The van der Waals surface area contributed by atoms with Crippen LogP contribution in [0.1, 0.15) is 80.3 Å². The molecule has 5 bridgehead atoms. The van der Waals surface area contributed by atoms with Gasteiger partial charge in [-0.3, -0.25) is 19.2 Å². The van der Waals surface area contributed by atoms with Gasteiger partial charge in [-0.2, -0.15) is 0 Å². The highest BCUT2D eigenvalue weighted by atomic mass is 16.7. The lowest BCUT2D eigenvalue weighted by Crippen LogP contribution is -2.46. The molecule has 304 valence electrons. The van der Waals surface area contributed by atoms with Crippen LogP contribution < -0.4 is 15.8 Å². The molecule has 9 atom stereocenters. The zero-order valence-corrected chi connectivity index (χ0v) is 33.5. The van der Waals surface area contributed by atoms with Crippen LogP contribution in [0.25, 0.3) is 5.70 Å². The van der Waals surface area contributed by atoms with Gasteiger partial charge in [0.05, 0.1) is 47.1 Å². The number of phenolic OH excluding ortho intramolecular Hbond substituents is 1. The Morgan fingerprint density at radius 2 is 1.61 bits per heavy atom. The number of benzene rings is 2. The Labute approximate surface area is 331 Å². The lowest BCUT2D eigenvalue weighted by atomic mass is 9.78. The second-order valence-electron chi connectivity index (χ2n) is 15.1. The third kappa shape index (κ3) is 8.16. The Kier molecular flexibility index (Phi) is 12.6. The van der Waals surface area contributed by atoms with Crippen LogP contribution in [0.15, 0.2) is 77.2 Å². The molecule has 57 heavy (non-hydrogen) atoms. The average molecular weight is 786 g/mol. The molecule has 0 saturated heterocycles. The number of hydrogen-bond acceptors (Lipinski definition) is 13. The first kappa shape index (κ1) is 42.6. The number of aromatic hydroxyl groups is 1. The van der Waals surface area contributed by atoms with Crippen LogP contribution >= 0.6 is 0 Å². The molecule has 6 rings (SSSR count). The number of ether oxygens (including phenoxy) is 4. The van der Waals surface area contributed by atoms with E-state index in [1.807, 2.05) is 0 Å².